The van der Waals surface area contributed by atoms with E-state index in [1.807, 2.05) is 12.1 Å². The van der Waals surface area contributed by atoms with Crippen LogP contribution in [0.1, 0.15) is 49.7 Å². The highest BCUT2D eigenvalue weighted by Gasteiger charge is 2.38. The molecule has 1 aliphatic carbocycles. The van der Waals surface area contributed by atoms with Crippen molar-refractivity contribution in [1.82, 2.24) is 0 Å². The molecule has 0 saturated carbocycles. The van der Waals surface area contributed by atoms with Crippen molar-refractivity contribution in [3.8, 4) is 0 Å². The van der Waals surface area contributed by atoms with Crippen LogP contribution in [0.25, 0.3) is 0 Å². The molecule has 4 nitrogen and oxygen atoms in total. The second-order valence-electron chi connectivity index (χ2n) is 5.79. The Morgan fingerprint density at radius 2 is 2.10 bits per heavy atom. The van der Waals surface area contributed by atoms with Crippen molar-refractivity contribution in [2.45, 2.75) is 50.4 Å². The van der Waals surface area contributed by atoms with Gasteiger partial charge in [0.25, 0.3) is 0 Å². The molecule has 0 bridgehead atoms. The fourth-order valence-corrected chi connectivity index (χ4v) is 3.47. The Morgan fingerprint density at radius 3 is 2.81 bits per heavy atom. The maximum Gasteiger partial charge on any atom is 0.306 e. The molecule has 0 radical (unpaired) electrons. The van der Waals surface area contributed by atoms with Gasteiger partial charge in [0.1, 0.15) is 0 Å². The van der Waals surface area contributed by atoms with E-state index < -0.39 is 5.97 Å². The third kappa shape index (κ3) is 3.63. The number of carbonyl (C=O) groups is 2. The van der Waals surface area contributed by atoms with Gasteiger partial charge in [-0.3, -0.25) is 9.59 Å². The summed E-state index contributed by atoms with van der Waals surface area (Å²) in [5, 5.41) is 8.86. The average molecular weight is 290 g/mol. The molecule has 1 aliphatic rings. The van der Waals surface area contributed by atoms with Crippen LogP contribution >= 0.6 is 0 Å². The molecule has 114 valence electrons. The standard InChI is InChI=1S/C17H22O4/c1-21-16(20)12-17(11-5-9-15(18)19)10-4-7-13-6-2-3-8-14(13)17/h2-3,6,8H,4-5,7,9-12H2,1H3,(H,18,19). The molecule has 0 heterocycles. The first-order valence-electron chi connectivity index (χ1n) is 7.44. The Balaban J connectivity index is 2.28. The molecule has 4 heteroatoms. The predicted octanol–water partition coefficient (Wildman–Crippen LogP) is 3.08. The Kier molecular flexibility index (Phi) is 4.99. The highest BCUT2D eigenvalue weighted by molar-refractivity contribution is 5.72. The second kappa shape index (κ2) is 6.74. The van der Waals surface area contributed by atoms with Crippen molar-refractivity contribution in [2.75, 3.05) is 7.11 Å². The third-order valence-electron chi connectivity index (χ3n) is 4.45. The summed E-state index contributed by atoms with van der Waals surface area (Å²) < 4.78 is 4.87. The van der Waals surface area contributed by atoms with Gasteiger partial charge in [0.2, 0.25) is 0 Å². The van der Waals surface area contributed by atoms with Crippen LogP contribution in [0, 0.1) is 0 Å². The van der Waals surface area contributed by atoms with E-state index in [1.54, 1.807) is 0 Å². The van der Waals surface area contributed by atoms with Crippen LogP contribution in [0.15, 0.2) is 24.3 Å². The first-order chi connectivity index (χ1) is 10.1. The summed E-state index contributed by atoms with van der Waals surface area (Å²) in [5.41, 5.74) is 2.22. The van der Waals surface area contributed by atoms with Gasteiger partial charge in [-0.2, -0.15) is 0 Å². The van der Waals surface area contributed by atoms with E-state index in [1.165, 1.54) is 18.2 Å². The van der Waals surface area contributed by atoms with E-state index in [0.717, 1.165) is 19.3 Å². The van der Waals surface area contributed by atoms with E-state index in [2.05, 4.69) is 12.1 Å². The highest BCUT2D eigenvalue weighted by atomic mass is 16.5. The van der Waals surface area contributed by atoms with Crippen LogP contribution in [0.4, 0.5) is 0 Å². The van der Waals surface area contributed by atoms with Crippen LogP contribution in [0.2, 0.25) is 0 Å². The molecule has 21 heavy (non-hydrogen) atoms. The van der Waals surface area contributed by atoms with E-state index in [4.69, 9.17) is 9.84 Å². The molecule has 2 rings (SSSR count). The zero-order valence-electron chi connectivity index (χ0n) is 12.4. The summed E-state index contributed by atoms with van der Waals surface area (Å²) in [7, 11) is 1.40. The van der Waals surface area contributed by atoms with Crippen molar-refractivity contribution in [2.24, 2.45) is 0 Å². The number of aryl methyl sites for hydroxylation is 1. The summed E-state index contributed by atoms with van der Waals surface area (Å²) in [4.78, 5) is 22.6. The number of carbonyl (C=O) groups excluding carboxylic acids is 1. The summed E-state index contributed by atoms with van der Waals surface area (Å²) >= 11 is 0. The van der Waals surface area contributed by atoms with Gasteiger partial charge in [0, 0.05) is 11.8 Å². The number of hydrogen-bond acceptors (Lipinski definition) is 3. The molecule has 0 fully saturated rings. The summed E-state index contributed by atoms with van der Waals surface area (Å²) in [6, 6.07) is 8.20. The van der Waals surface area contributed by atoms with Crippen LogP contribution in [-0.4, -0.2) is 24.2 Å². The Bertz CT molecular complexity index is 523. The maximum atomic E-state index is 11.9. The van der Waals surface area contributed by atoms with Gasteiger partial charge in [-0.15, -0.1) is 0 Å². The van der Waals surface area contributed by atoms with Crippen LogP contribution < -0.4 is 0 Å². The molecule has 0 aliphatic heterocycles. The molecule has 1 aromatic carbocycles. The smallest absolute Gasteiger partial charge is 0.306 e. The molecule has 1 aromatic rings. The molecule has 0 spiro atoms. The lowest BCUT2D eigenvalue weighted by Gasteiger charge is -2.38. The van der Waals surface area contributed by atoms with E-state index in [-0.39, 0.29) is 17.8 Å². The molecule has 1 unspecified atom stereocenters. The van der Waals surface area contributed by atoms with E-state index >= 15 is 0 Å². The topological polar surface area (TPSA) is 63.6 Å². The quantitative estimate of drug-likeness (QED) is 0.818. The number of esters is 1. The van der Waals surface area contributed by atoms with Crippen molar-refractivity contribution >= 4 is 11.9 Å². The van der Waals surface area contributed by atoms with Gasteiger partial charge < -0.3 is 9.84 Å². The fraction of sp³-hybridized carbons (Fsp3) is 0.529. The summed E-state index contributed by atoms with van der Waals surface area (Å²) in [5.74, 6) is -1.01. The van der Waals surface area contributed by atoms with Gasteiger partial charge in [-0.05, 0) is 43.2 Å². The monoisotopic (exact) mass is 290 g/mol. The molecular weight excluding hydrogens is 268 g/mol. The minimum absolute atomic E-state index is 0.144. The van der Waals surface area contributed by atoms with Gasteiger partial charge >= 0.3 is 11.9 Å². The molecule has 1 N–H and O–H groups in total. The van der Waals surface area contributed by atoms with Gasteiger partial charge in [0.05, 0.1) is 13.5 Å². The normalized spacial score (nSPS) is 20.6. The third-order valence-corrected chi connectivity index (χ3v) is 4.45. The number of fused-ring (bicyclic) bond motifs is 1. The lowest BCUT2D eigenvalue weighted by molar-refractivity contribution is -0.142. The van der Waals surface area contributed by atoms with Crippen molar-refractivity contribution < 1.29 is 19.4 Å². The Morgan fingerprint density at radius 1 is 1.33 bits per heavy atom. The van der Waals surface area contributed by atoms with E-state index in [9.17, 15) is 9.59 Å². The van der Waals surface area contributed by atoms with Crippen molar-refractivity contribution in [3.63, 3.8) is 0 Å². The second-order valence-corrected chi connectivity index (χ2v) is 5.79. The molecule has 0 saturated heterocycles. The number of carboxylic acid groups (broad SMARTS) is 1. The first kappa shape index (κ1) is 15.5. The molecular formula is C17H22O4. The molecule has 0 amide bonds. The minimum atomic E-state index is -0.785. The number of methoxy groups -OCH3 is 1. The van der Waals surface area contributed by atoms with Crippen molar-refractivity contribution in [1.29, 1.82) is 0 Å². The molecule has 0 aromatic heterocycles. The number of rotatable bonds is 6. The van der Waals surface area contributed by atoms with Gasteiger partial charge in [-0.1, -0.05) is 24.3 Å². The summed E-state index contributed by atoms with van der Waals surface area (Å²) in [6.07, 6.45) is 4.75. The highest BCUT2D eigenvalue weighted by Crippen LogP contribution is 2.43. The predicted molar refractivity (Wildman–Crippen MR) is 79.2 cm³/mol. The number of benzene rings is 1. The largest absolute Gasteiger partial charge is 0.481 e. The lowest BCUT2D eigenvalue weighted by Crippen LogP contribution is -2.34. The zero-order valence-corrected chi connectivity index (χ0v) is 12.4. The van der Waals surface area contributed by atoms with Crippen LogP contribution in [-0.2, 0) is 26.2 Å². The maximum absolute atomic E-state index is 11.9. The number of carboxylic acids is 1. The Hall–Kier alpha value is -1.84. The number of ether oxygens (including phenoxy) is 1. The first-order valence-corrected chi connectivity index (χ1v) is 7.44. The minimum Gasteiger partial charge on any atom is -0.481 e. The van der Waals surface area contributed by atoms with E-state index in [0.29, 0.717) is 19.3 Å². The lowest BCUT2D eigenvalue weighted by atomic mass is 9.65. The SMILES string of the molecule is COC(=O)CC1(CCCC(=O)O)CCCc2ccccc21. The zero-order chi connectivity index (χ0) is 15.3. The fourth-order valence-electron chi connectivity index (χ4n) is 3.47. The number of aliphatic carboxylic acids is 1. The molecule has 1 atom stereocenters. The average Bonchev–Trinajstić information content (AvgIpc) is 2.47. The summed E-state index contributed by atoms with van der Waals surface area (Å²) in [6.45, 7) is 0. The van der Waals surface area contributed by atoms with Gasteiger partial charge in [-0.25, -0.2) is 0 Å². The van der Waals surface area contributed by atoms with Crippen LogP contribution in [0.5, 0.6) is 0 Å². The number of hydrogen-bond donors (Lipinski definition) is 1. The van der Waals surface area contributed by atoms with Crippen LogP contribution in [0.3, 0.4) is 0 Å². The van der Waals surface area contributed by atoms with Gasteiger partial charge in [0.15, 0.2) is 0 Å². The Labute approximate surface area is 125 Å². The van der Waals surface area contributed by atoms with Crippen molar-refractivity contribution in [3.05, 3.63) is 35.4 Å².